The molecule has 2 aromatic heterocycles. The lowest BCUT2D eigenvalue weighted by molar-refractivity contribution is -0.147. The van der Waals surface area contributed by atoms with Gasteiger partial charge < -0.3 is 29.6 Å². The van der Waals surface area contributed by atoms with Crippen molar-refractivity contribution in [2.24, 2.45) is 47.3 Å². The number of nitrogens with zero attached hydrogens (tertiary/aromatic N) is 4. The molecule has 6 aliphatic rings. The molecule has 364 valence electrons. The number of benzene rings is 2. The van der Waals surface area contributed by atoms with Crippen molar-refractivity contribution in [3.63, 3.8) is 0 Å². The van der Waals surface area contributed by atoms with Crippen LogP contribution in [0.15, 0.2) is 60.7 Å². The summed E-state index contributed by atoms with van der Waals surface area (Å²) in [6, 6.07) is 17.1. The number of imide groups is 1. The van der Waals surface area contributed by atoms with Crippen molar-refractivity contribution in [2.75, 3.05) is 78.8 Å². The standard InChI is InChI=1S/C50H55Cl2N7O10/c51-39-25-31(29-5-1-3-7-35(29)55-39)49(64)68-37-23-27-21-33(37)43(41(27)45(60)53-9-11-58-13-17-66-18-14-58)47(62)57-48(63)44-34-22-28(42(44)46(61)54-10-12-59-15-19-67-20-16-59)24-38(34)69-50(65)32-26-40(52)56-36-8-4-2-6-30(32)36/h1-8,25-28,33-34,37-38,41-44H,9-24H2,(H,53,60)(H,54,61)(H,57,62,63). The number of nitrogens with one attached hydrogen (secondary N) is 3. The highest BCUT2D eigenvalue weighted by Crippen LogP contribution is 2.56. The molecular formula is C50H55Cl2N7O10. The van der Waals surface area contributed by atoms with Gasteiger partial charge in [0.1, 0.15) is 22.5 Å². The maximum Gasteiger partial charge on any atom is 0.339 e. The Bertz CT molecular complexity index is 2470. The minimum Gasteiger partial charge on any atom is -0.458 e. The van der Waals surface area contributed by atoms with Gasteiger partial charge in [-0.25, -0.2) is 19.6 Å². The lowest BCUT2D eigenvalue weighted by Crippen LogP contribution is -2.54. The third kappa shape index (κ3) is 9.91. The number of esters is 2. The van der Waals surface area contributed by atoms with Gasteiger partial charge in [0, 0.05) is 75.0 Å². The number of aromatic nitrogens is 2. The van der Waals surface area contributed by atoms with E-state index in [0.29, 0.717) is 100 Å². The Morgan fingerprint density at radius 2 is 0.971 bits per heavy atom. The minimum atomic E-state index is -1.04. The summed E-state index contributed by atoms with van der Waals surface area (Å²) >= 11 is 12.7. The molecule has 2 aliphatic heterocycles. The first-order valence-electron chi connectivity index (χ1n) is 24.0. The Morgan fingerprint density at radius 3 is 1.39 bits per heavy atom. The van der Waals surface area contributed by atoms with E-state index in [1.165, 1.54) is 12.1 Å². The van der Waals surface area contributed by atoms with Crippen LogP contribution in [0.5, 0.6) is 0 Å². The third-order valence-electron chi connectivity index (χ3n) is 15.3. The molecule has 2 saturated heterocycles. The number of carbonyl (C=O) groups excluding carboxylic acids is 6. The van der Waals surface area contributed by atoms with Gasteiger partial charge in [-0.2, -0.15) is 0 Å². The average Bonchev–Trinajstić information content (AvgIpc) is 4.14. The normalized spacial score (nSPS) is 28.7. The second kappa shape index (κ2) is 20.6. The molecule has 69 heavy (non-hydrogen) atoms. The lowest BCUT2D eigenvalue weighted by atomic mass is 9.75. The van der Waals surface area contributed by atoms with Crippen molar-refractivity contribution in [1.82, 2.24) is 35.7 Å². The zero-order valence-electron chi connectivity index (χ0n) is 38.0. The van der Waals surface area contributed by atoms with Gasteiger partial charge in [-0.3, -0.25) is 34.3 Å². The largest absolute Gasteiger partial charge is 0.458 e. The Balaban J connectivity index is 0.893. The highest BCUT2D eigenvalue weighted by Gasteiger charge is 2.62. The Labute approximate surface area is 408 Å². The zero-order chi connectivity index (χ0) is 47.8. The molecule has 0 spiro atoms. The summed E-state index contributed by atoms with van der Waals surface area (Å²) in [4.78, 5) is 99.1. The first-order chi connectivity index (χ1) is 33.5. The van der Waals surface area contributed by atoms with Crippen LogP contribution in [-0.2, 0) is 38.1 Å². The molecule has 4 amide bonds. The Kier molecular flexibility index (Phi) is 14.1. The Morgan fingerprint density at radius 1 is 0.565 bits per heavy atom. The molecule has 2 aromatic carbocycles. The number of morpholine rings is 2. The molecule has 3 N–H and O–H groups in total. The molecule has 0 radical (unpaired) electrons. The molecule has 10 atom stereocenters. The first kappa shape index (κ1) is 47.4. The number of hydrogen-bond donors (Lipinski definition) is 3. The van der Waals surface area contributed by atoms with Crippen molar-refractivity contribution in [3.8, 4) is 0 Å². The molecular weight excluding hydrogens is 929 g/mol. The van der Waals surface area contributed by atoms with E-state index >= 15 is 0 Å². The van der Waals surface area contributed by atoms with Gasteiger partial charge in [0.25, 0.3) is 0 Å². The monoisotopic (exact) mass is 983 g/mol. The second-order valence-corrected chi connectivity index (χ2v) is 19.9. The van der Waals surface area contributed by atoms with Crippen LogP contribution in [0.3, 0.4) is 0 Å². The maximum atomic E-state index is 14.9. The predicted octanol–water partition coefficient (Wildman–Crippen LogP) is 3.92. The van der Waals surface area contributed by atoms with Gasteiger partial charge in [0.15, 0.2) is 0 Å². The fraction of sp³-hybridized carbons (Fsp3) is 0.520. The Hall–Kier alpha value is -5.30. The first-order valence-corrected chi connectivity index (χ1v) is 24.8. The molecule has 6 fully saturated rings. The topological polar surface area (TPSA) is 208 Å². The number of pyridine rings is 2. The van der Waals surface area contributed by atoms with Gasteiger partial charge >= 0.3 is 11.9 Å². The van der Waals surface area contributed by atoms with Crippen molar-refractivity contribution in [1.29, 1.82) is 0 Å². The van der Waals surface area contributed by atoms with E-state index < -0.39 is 71.5 Å². The molecule has 4 aliphatic carbocycles. The minimum absolute atomic E-state index is 0.120. The molecule has 4 heterocycles. The van der Waals surface area contributed by atoms with Crippen LogP contribution in [0.2, 0.25) is 10.3 Å². The summed E-state index contributed by atoms with van der Waals surface area (Å²) in [6.45, 7) is 7.31. The number of fused-ring (bicyclic) bond motifs is 6. The van der Waals surface area contributed by atoms with Gasteiger partial charge in [-0.05, 0) is 61.8 Å². The maximum absolute atomic E-state index is 14.9. The number of para-hydroxylation sites is 2. The summed E-state index contributed by atoms with van der Waals surface area (Å²) in [5.74, 6) is -8.80. The molecule has 19 heteroatoms. The van der Waals surface area contributed by atoms with Gasteiger partial charge in [-0.15, -0.1) is 0 Å². The number of hydrogen-bond acceptors (Lipinski definition) is 14. The molecule has 10 rings (SSSR count). The summed E-state index contributed by atoms with van der Waals surface area (Å²) in [6.07, 6.45) is 0.0264. The quantitative estimate of drug-likeness (QED) is 0.0931. The smallest absolute Gasteiger partial charge is 0.339 e. The number of amides is 4. The number of rotatable bonds is 14. The van der Waals surface area contributed by atoms with E-state index in [1.54, 1.807) is 48.5 Å². The molecule has 4 bridgehead atoms. The van der Waals surface area contributed by atoms with Crippen molar-refractivity contribution < 1.29 is 47.7 Å². The lowest BCUT2D eigenvalue weighted by Gasteiger charge is -2.36. The van der Waals surface area contributed by atoms with Crippen LogP contribution >= 0.6 is 23.2 Å². The number of carbonyl (C=O) groups is 6. The fourth-order valence-corrected chi connectivity index (χ4v) is 12.6. The van der Waals surface area contributed by atoms with Crippen LogP contribution in [0.4, 0.5) is 0 Å². The summed E-state index contributed by atoms with van der Waals surface area (Å²) in [5, 5.41) is 10.1. The van der Waals surface area contributed by atoms with Crippen LogP contribution in [0.25, 0.3) is 21.8 Å². The molecule has 10 unspecified atom stereocenters. The van der Waals surface area contributed by atoms with Crippen LogP contribution in [0, 0.1) is 47.3 Å². The SMILES string of the molecule is O=C(OC1CC2CC1C(C(=O)NC(=O)C1C3CC(CC3OC(=O)c3cc(Cl)nc4ccccc34)C1C(=O)NCCN1CCOCC1)C2C(=O)NCCN1CCOCC1)c1cc(Cl)nc2ccccc12. The fourth-order valence-electron chi connectivity index (χ4n) is 12.2. The molecule has 4 saturated carbocycles. The number of halogens is 2. The van der Waals surface area contributed by atoms with Crippen molar-refractivity contribution >= 4 is 80.6 Å². The second-order valence-electron chi connectivity index (χ2n) is 19.1. The van der Waals surface area contributed by atoms with Gasteiger partial charge in [0.05, 0.1) is 72.3 Å². The summed E-state index contributed by atoms with van der Waals surface area (Å²) in [7, 11) is 0. The van der Waals surface area contributed by atoms with E-state index in [4.69, 9.17) is 42.1 Å². The van der Waals surface area contributed by atoms with E-state index in [9.17, 15) is 28.8 Å². The van der Waals surface area contributed by atoms with E-state index in [1.807, 2.05) is 0 Å². The number of ether oxygens (including phenoxy) is 4. The third-order valence-corrected chi connectivity index (χ3v) is 15.7. The van der Waals surface area contributed by atoms with Crippen molar-refractivity contribution in [3.05, 3.63) is 82.1 Å². The van der Waals surface area contributed by atoms with Gasteiger partial charge in [0.2, 0.25) is 23.6 Å². The van der Waals surface area contributed by atoms with Crippen LogP contribution in [-0.4, -0.2) is 146 Å². The van der Waals surface area contributed by atoms with Gasteiger partial charge in [-0.1, -0.05) is 59.6 Å². The van der Waals surface area contributed by atoms with Crippen molar-refractivity contribution in [2.45, 2.75) is 37.9 Å². The summed E-state index contributed by atoms with van der Waals surface area (Å²) in [5.41, 5.74) is 1.49. The zero-order valence-corrected chi connectivity index (χ0v) is 39.5. The van der Waals surface area contributed by atoms with E-state index in [0.717, 1.165) is 26.2 Å². The average molecular weight is 985 g/mol. The highest BCUT2D eigenvalue weighted by atomic mass is 35.5. The summed E-state index contributed by atoms with van der Waals surface area (Å²) < 4.78 is 23.3. The molecule has 17 nitrogen and oxygen atoms in total. The molecule has 4 aromatic rings. The highest BCUT2D eigenvalue weighted by molar-refractivity contribution is 6.31. The van der Waals surface area contributed by atoms with Crippen LogP contribution in [0.1, 0.15) is 46.4 Å². The van der Waals surface area contributed by atoms with Crippen LogP contribution < -0.4 is 16.0 Å². The van der Waals surface area contributed by atoms with E-state index in [-0.39, 0.29) is 45.1 Å². The predicted molar refractivity (Wildman–Crippen MR) is 252 cm³/mol. The van der Waals surface area contributed by atoms with E-state index in [2.05, 4.69) is 35.7 Å².